The minimum atomic E-state index is 0.421. The predicted octanol–water partition coefficient (Wildman–Crippen LogP) is 3.19. The summed E-state index contributed by atoms with van der Waals surface area (Å²) in [4.78, 5) is 0. The van der Waals surface area contributed by atoms with E-state index in [-0.39, 0.29) is 0 Å². The summed E-state index contributed by atoms with van der Waals surface area (Å²) in [7, 11) is 0. The van der Waals surface area contributed by atoms with Gasteiger partial charge in [-0.15, -0.1) is 0 Å². The Kier molecular flexibility index (Phi) is 5.70. The molecule has 0 radical (unpaired) electrons. The first-order chi connectivity index (χ1) is 8.16. The number of hydrogen-bond acceptors (Lipinski definition) is 3. The van der Waals surface area contributed by atoms with Crippen LogP contribution in [0.25, 0.3) is 0 Å². The minimum absolute atomic E-state index is 0.421. The maximum Gasteiger partial charge on any atom is 0.0466 e. The van der Waals surface area contributed by atoms with Gasteiger partial charge in [-0.05, 0) is 24.3 Å². The van der Waals surface area contributed by atoms with Crippen LogP contribution < -0.4 is 5.73 Å². The molecule has 3 heteroatoms. The molecular formula is C14H22N2O. The summed E-state index contributed by atoms with van der Waals surface area (Å²) in [5, 5.41) is 7.12. The molecule has 0 atom stereocenters. The molecule has 1 saturated heterocycles. The number of nitrogens with one attached hydrogen (secondary N) is 1. The Balaban J connectivity index is 0.000000239. The van der Waals surface area contributed by atoms with Crippen LogP contribution in [0.1, 0.15) is 43.7 Å². The highest BCUT2D eigenvalue weighted by molar-refractivity contribution is 5.86. The van der Waals surface area contributed by atoms with Gasteiger partial charge in [-0.25, -0.2) is 0 Å². The monoisotopic (exact) mass is 234 g/mol. The molecule has 94 valence electrons. The van der Waals surface area contributed by atoms with Crippen LogP contribution in [0, 0.1) is 5.41 Å². The molecule has 0 amide bonds. The summed E-state index contributed by atoms with van der Waals surface area (Å²) >= 11 is 0. The first-order valence-electron chi connectivity index (χ1n) is 6.13. The number of nitrogen functional groups attached to an aromatic ring is 1. The molecule has 1 aromatic carbocycles. The Morgan fingerprint density at radius 1 is 1.29 bits per heavy atom. The molecule has 3 N–H and O–H groups in total. The van der Waals surface area contributed by atoms with E-state index in [2.05, 4.69) is 13.8 Å². The van der Waals surface area contributed by atoms with Crippen LogP contribution in [0.15, 0.2) is 18.2 Å². The van der Waals surface area contributed by atoms with Crippen LogP contribution in [0.2, 0.25) is 0 Å². The lowest BCUT2D eigenvalue weighted by Crippen LogP contribution is -2.00. The van der Waals surface area contributed by atoms with Gasteiger partial charge in [0.2, 0.25) is 0 Å². The first-order valence-corrected chi connectivity index (χ1v) is 6.13. The smallest absolute Gasteiger partial charge is 0.0466 e. The van der Waals surface area contributed by atoms with Crippen molar-refractivity contribution >= 4 is 11.9 Å². The van der Waals surface area contributed by atoms with Crippen molar-refractivity contribution < 1.29 is 4.74 Å². The van der Waals surface area contributed by atoms with Crippen LogP contribution in [0.3, 0.4) is 0 Å². The molecule has 0 bridgehead atoms. The molecule has 1 aliphatic rings. The van der Waals surface area contributed by atoms with Gasteiger partial charge in [-0.1, -0.05) is 32.0 Å². The topological polar surface area (TPSA) is 59.1 Å². The number of rotatable bonds is 2. The maximum atomic E-state index is 7.12. The van der Waals surface area contributed by atoms with Gasteiger partial charge in [0.1, 0.15) is 0 Å². The van der Waals surface area contributed by atoms with Gasteiger partial charge in [0.05, 0.1) is 0 Å². The van der Waals surface area contributed by atoms with E-state index in [1.807, 2.05) is 18.2 Å². The van der Waals surface area contributed by atoms with Gasteiger partial charge in [0.15, 0.2) is 0 Å². The number of hydrogen-bond donors (Lipinski definition) is 2. The van der Waals surface area contributed by atoms with E-state index >= 15 is 0 Å². The van der Waals surface area contributed by atoms with E-state index < -0.39 is 0 Å². The summed E-state index contributed by atoms with van der Waals surface area (Å²) < 4.78 is 4.94. The highest BCUT2D eigenvalue weighted by Gasteiger charge is 2.05. The maximum absolute atomic E-state index is 7.12. The first kappa shape index (κ1) is 13.7. The number of nitrogens with two attached hydrogens (primary N) is 1. The van der Waals surface area contributed by atoms with E-state index in [1.54, 1.807) is 0 Å². The van der Waals surface area contributed by atoms with E-state index in [0.717, 1.165) is 30.0 Å². The fourth-order valence-electron chi connectivity index (χ4n) is 1.74. The molecule has 0 spiro atoms. The van der Waals surface area contributed by atoms with Gasteiger partial charge in [0.25, 0.3) is 0 Å². The van der Waals surface area contributed by atoms with Crippen molar-refractivity contribution in [3.63, 3.8) is 0 Å². The number of anilines is 1. The third-order valence-corrected chi connectivity index (χ3v) is 2.78. The lowest BCUT2D eigenvalue weighted by Gasteiger charge is -2.10. The predicted molar refractivity (Wildman–Crippen MR) is 72.9 cm³/mol. The average molecular weight is 234 g/mol. The molecule has 0 aromatic heterocycles. The number of para-hydroxylation sites is 1. The highest BCUT2D eigenvalue weighted by Crippen LogP contribution is 2.23. The largest absolute Gasteiger partial charge is 0.398 e. The van der Waals surface area contributed by atoms with Gasteiger partial charge in [-0.3, -0.25) is 0 Å². The Hall–Kier alpha value is -1.35. The van der Waals surface area contributed by atoms with Crippen molar-refractivity contribution in [3.8, 4) is 0 Å². The molecule has 1 fully saturated rings. The van der Waals surface area contributed by atoms with Gasteiger partial charge in [-0.2, -0.15) is 0 Å². The average Bonchev–Trinajstić information content (AvgIpc) is 2.87. The summed E-state index contributed by atoms with van der Waals surface area (Å²) in [6.45, 7) is 6.19. The zero-order valence-corrected chi connectivity index (χ0v) is 10.7. The second-order valence-electron chi connectivity index (χ2n) is 4.47. The molecule has 1 aromatic rings. The lowest BCUT2D eigenvalue weighted by molar-refractivity contribution is 0.198. The SMILES string of the molecule is C1CCOC1.CC(C)c1cccc(C=N)c1N. The van der Waals surface area contributed by atoms with Crippen molar-refractivity contribution in [2.24, 2.45) is 0 Å². The van der Waals surface area contributed by atoms with E-state index in [0.29, 0.717) is 5.92 Å². The Bertz CT molecular complexity index is 350. The van der Waals surface area contributed by atoms with Crippen LogP contribution in [-0.2, 0) is 4.74 Å². The Morgan fingerprint density at radius 2 is 1.94 bits per heavy atom. The molecule has 1 aliphatic heterocycles. The van der Waals surface area contributed by atoms with Crippen molar-refractivity contribution in [1.82, 2.24) is 0 Å². The second kappa shape index (κ2) is 7.07. The summed E-state index contributed by atoms with van der Waals surface area (Å²) in [6, 6.07) is 5.80. The zero-order chi connectivity index (χ0) is 12.7. The zero-order valence-electron chi connectivity index (χ0n) is 10.7. The second-order valence-corrected chi connectivity index (χ2v) is 4.47. The standard InChI is InChI=1S/C10H14N2.C4H8O/c1-7(2)9-5-3-4-8(6-11)10(9)12;1-2-4-5-3-1/h3-7,11H,12H2,1-2H3;1-4H2. The van der Waals surface area contributed by atoms with Crippen molar-refractivity contribution in [3.05, 3.63) is 29.3 Å². The summed E-state index contributed by atoms with van der Waals surface area (Å²) in [6.07, 6.45) is 3.85. The third kappa shape index (κ3) is 4.19. The van der Waals surface area contributed by atoms with Crippen LogP contribution in [0.4, 0.5) is 5.69 Å². The van der Waals surface area contributed by atoms with Crippen molar-refractivity contribution in [2.75, 3.05) is 18.9 Å². The summed E-state index contributed by atoms with van der Waals surface area (Å²) in [5.74, 6) is 0.421. The molecule has 0 saturated carbocycles. The molecule has 3 nitrogen and oxygen atoms in total. The van der Waals surface area contributed by atoms with Gasteiger partial charge >= 0.3 is 0 Å². The molecule has 17 heavy (non-hydrogen) atoms. The number of benzene rings is 1. The molecule has 2 rings (SSSR count). The minimum Gasteiger partial charge on any atom is -0.398 e. The Labute approximate surface area is 103 Å². The van der Waals surface area contributed by atoms with Gasteiger partial charge < -0.3 is 15.9 Å². The third-order valence-electron chi connectivity index (χ3n) is 2.78. The van der Waals surface area contributed by atoms with E-state index in [1.165, 1.54) is 19.1 Å². The molecule has 0 unspecified atom stereocenters. The Morgan fingerprint density at radius 3 is 2.35 bits per heavy atom. The quantitative estimate of drug-likeness (QED) is 0.610. The highest BCUT2D eigenvalue weighted by atomic mass is 16.5. The normalized spacial score (nSPS) is 14.3. The van der Waals surface area contributed by atoms with Crippen molar-refractivity contribution in [1.29, 1.82) is 5.41 Å². The van der Waals surface area contributed by atoms with Crippen molar-refractivity contribution in [2.45, 2.75) is 32.6 Å². The van der Waals surface area contributed by atoms with Gasteiger partial charge in [0, 0.05) is 30.7 Å². The summed E-state index contributed by atoms with van der Waals surface area (Å²) in [5.41, 5.74) is 8.51. The van der Waals surface area contributed by atoms with E-state index in [4.69, 9.17) is 15.9 Å². The van der Waals surface area contributed by atoms with Crippen LogP contribution >= 0.6 is 0 Å². The molecule has 1 heterocycles. The fourth-order valence-corrected chi connectivity index (χ4v) is 1.74. The van der Waals surface area contributed by atoms with Crippen LogP contribution in [0.5, 0.6) is 0 Å². The molecule has 0 aliphatic carbocycles. The number of ether oxygens (including phenoxy) is 1. The van der Waals surface area contributed by atoms with E-state index in [9.17, 15) is 0 Å². The van der Waals surface area contributed by atoms with Crippen LogP contribution in [-0.4, -0.2) is 19.4 Å². The molecular weight excluding hydrogens is 212 g/mol. The fraction of sp³-hybridized carbons (Fsp3) is 0.500. The lowest BCUT2D eigenvalue weighted by atomic mass is 9.98.